The van der Waals surface area contributed by atoms with Crippen molar-refractivity contribution in [3.05, 3.63) is 98.1 Å². The van der Waals surface area contributed by atoms with Gasteiger partial charge in [0.25, 0.3) is 11.5 Å². The molecule has 39 heavy (non-hydrogen) atoms. The van der Waals surface area contributed by atoms with Gasteiger partial charge in [-0.2, -0.15) is 0 Å². The predicted molar refractivity (Wildman–Crippen MR) is 147 cm³/mol. The Balaban J connectivity index is 1.57. The van der Waals surface area contributed by atoms with E-state index in [1.54, 1.807) is 24.3 Å². The lowest BCUT2D eigenvalue weighted by atomic mass is 9.94. The average molecular weight is 542 g/mol. The van der Waals surface area contributed by atoms with Crippen LogP contribution in [0.1, 0.15) is 40.8 Å². The molecule has 1 fully saturated rings. The van der Waals surface area contributed by atoms with Gasteiger partial charge < -0.3 is 9.84 Å². The summed E-state index contributed by atoms with van der Waals surface area (Å²) >= 11 is 1.25. The van der Waals surface area contributed by atoms with Crippen molar-refractivity contribution < 1.29 is 24.4 Å². The highest BCUT2D eigenvalue weighted by Crippen LogP contribution is 2.45. The number of ether oxygens (including phenoxy) is 1. The summed E-state index contributed by atoms with van der Waals surface area (Å²) in [5.74, 6) is -1.40. The van der Waals surface area contributed by atoms with E-state index in [-0.39, 0.29) is 28.3 Å². The number of ketones is 1. The third kappa shape index (κ3) is 4.04. The number of amides is 1. The molecule has 3 aromatic carbocycles. The van der Waals surface area contributed by atoms with Gasteiger partial charge in [-0.15, -0.1) is 0 Å². The van der Waals surface area contributed by atoms with Crippen LogP contribution in [0.3, 0.4) is 0 Å². The molecule has 2 aliphatic heterocycles. The highest BCUT2D eigenvalue weighted by atomic mass is 32.1. The molecular formula is C29H23N3O6S. The Bertz CT molecular complexity index is 1760. The minimum atomic E-state index is -1.12. The number of carbonyl (C=O) groups is 2. The molecule has 3 heterocycles. The van der Waals surface area contributed by atoms with Crippen molar-refractivity contribution in [2.45, 2.75) is 39.3 Å². The summed E-state index contributed by atoms with van der Waals surface area (Å²) in [6.45, 7) is 5.82. The molecule has 0 spiro atoms. The second-order valence-corrected chi connectivity index (χ2v) is 10.9. The molecule has 0 radical (unpaired) electrons. The molecule has 2 aliphatic rings. The second-order valence-electron chi connectivity index (χ2n) is 9.90. The number of nitro benzene ring substituents is 1. The second kappa shape index (κ2) is 9.02. The van der Waals surface area contributed by atoms with Crippen LogP contribution < -0.4 is 9.64 Å². The summed E-state index contributed by atoms with van der Waals surface area (Å²) in [7, 11) is 0. The quantitative estimate of drug-likeness (QED) is 0.114. The Morgan fingerprint density at radius 1 is 1.15 bits per heavy atom. The number of nitro groups is 1. The molecule has 1 N–H and O–H groups in total. The number of aliphatic hydroxyl groups is 1. The van der Waals surface area contributed by atoms with Gasteiger partial charge in [0.15, 0.2) is 5.13 Å². The third-order valence-electron chi connectivity index (χ3n) is 7.04. The number of rotatable bonds is 4. The molecule has 0 aliphatic carbocycles. The largest absolute Gasteiger partial charge is 0.507 e. The molecule has 6 rings (SSSR count). The van der Waals surface area contributed by atoms with Crippen molar-refractivity contribution in [3.63, 3.8) is 0 Å². The van der Waals surface area contributed by atoms with E-state index in [9.17, 15) is 24.8 Å². The number of non-ortho nitro benzene ring substituents is 1. The molecule has 1 saturated heterocycles. The van der Waals surface area contributed by atoms with Gasteiger partial charge in [0.2, 0.25) is 0 Å². The molecule has 2 unspecified atom stereocenters. The predicted octanol–water partition coefficient (Wildman–Crippen LogP) is 5.77. The van der Waals surface area contributed by atoms with E-state index in [4.69, 9.17) is 9.72 Å². The molecule has 196 valence electrons. The maximum atomic E-state index is 13.6. The number of hydrogen-bond donors (Lipinski definition) is 1. The number of aromatic nitrogens is 1. The number of thiazole rings is 1. The molecule has 4 aromatic rings. The first-order valence-electron chi connectivity index (χ1n) is 12.4. The van der Waals surface area contributed by atoms with Crippen molar-refractivity contribution in [2.24, 2.45) is 0 Å². The van der Waals surface area contributed by atoms with Crippen LogP contribution in [0.15, 0.2) is 60.2 Å². The van der Waals surface area contributed by atoms with Crippen LogP contribution in [0.4, 0.5) is 10.8 Å². The Labute approximate surface area is 227 Å². The van der Waals surface area contributed by atoms with Crippen LogP contribution in [0.5, 0.6) is 5.75 Å². The maximum Gasteiger partial charge on any atom is 0.301 e. The third-order valence-corrected chi connectivity index (χ3v) is 8.04. The number of hydrogen-bond acceptors (Lipinski definition) is 8. The van der Waals surface area contributed by atoms with Gasteiger partial charge in [-0.3, -0.25) is 24.6 Å². The normalized spacial score (nSPS) is 19.9. The molecule has 10 heteroatoms. The van der Waals surface area contributed by atoms with Crippen LogP contribution in [0.25, 0.3) is 16.0 Å². The zero-order chi connectivity index (χ0) is 27.6. The van der Waals surface area contributed by atoms with Crippen LogP contribution in [0, 0.1) is 24.0 Å². The summed E-state index contributed by atoms with van der Waals surface area (Å²) in [6, 6.07) is 13.7. The summed E-state index contributed by atoms with van der Waals surface area (Å²) in [4.78, 5) is 44.1. The topological polar surface area (TPSA) is 123 Å². The molecule has 9 nitrogen and oxygen atoms in total. The van der Waals surface area contributed by atoms with Crippen molar-refractivity contribution >= 4 is 49.8 Å². The van der Waals surface area contributed by atoms with Crippen molar-refractivity contribution in [3.8, 4) is 5.75 Å². The number of carbonyl (C=O) groups excluding carboxylic acids is 2. The highest BCUT2D eigenvalue weighted by Gasteiger charge is 2.48. The molecule has 0 saturated carbocycles. The number of fused-ring (bicyclic) bond motifs is 2. The zero-order valence-corrected chi connectivity index (χ0v) is 22.1. The summed E-state index contributed by atoms with van der Waals surface area (Å²) in [5.41, 5.74) is 3.86. The van der Waals surface area contributed by atoms with Crippen LogP contribution in [-0.2, 0) is 16.0 Å². The Morgan fingerprint density at radius 3 is 2.72 bits per heavy atom. The van der Waals surface area contributed by atoms with Crippen LogP contribution >= 0.6 is 11.3 Å². The van der Waals surface area contributed by atoms with Crippen molar-refractivity contribution in [2.75, 3.05) is 4.90 Å². The monoisotopic (exact) mass is 541 g/mol. The first kappa shape index (κ1) is 24.7. The van der Waals surface area contributed by atoms with E-state index in [2.05, 4.69) is 0 Å². The van der Waals surface area contributed by atoms with E-state index in [0.29, 0.717) is 28.8 Å². The Morgan fingerprint density at radius 2 is 1.95 bits per heavy atom. The van der Waals surface area contributed by atoms with Gasteiger partial charge in [-0.1, -0.05) is 29.5 Å². The van der Waals surface area contributed by atoms with Gasteiger partial charge in [0.05, 0.1) is 26.8 Å². The van der Waals surface area contributed by atoms with Gasteiger partial charge in [-0.25, -0.2) is 4.98 Å². The van der Waals surface area contributed by atoms with Gasteiger partial charge in [0.1, 0.15) is 17.6 Å². The molecular weight excluding hydrogens is 518 g/mol. The lowest BCUT2D eigenvalue weighted by Crippen LogP contribution is -2.29. The number of anilines is 1. The van der Waals surface area contributed by atoms with Gasteiger partial charge >= 0.3 is 5.91 Å². The fourth-order valence-corrected chi connectivity index (χ4v) is 6.51. The van der Waals surface area contributed by atoms with E-state index in [0.717, 1.165) is 21.4 Å². The average Bonchev–Trinajstić information content (AvgIpc) is 3.56. The summed E-state index contributed by atoms with van der Waals surface area (Å²) in [6.07, 6.45) is 0.628. The first-order valence-corrected chi connectivity index (χ1v) is 13.2. The first-order chi connectivity index (χ1) is 18.6. The number of aliphatic hydroxyl groups excluding tert-OH is 1. The number of benzene rings is 3. The van der Waals surface area contributed by atoms with E-state index in [1.807, 2.05) is 32.9 Å². The summed E-state index contributed by atoms with van der Waals surface area (Å²) in [5, 5.41) is 23.3. The number of nitrogens with zero attached hydrogens (tertiary/aromatic N) is 3. The molecule has 1 amide bonds. The Kier molecular flexibility index (Phi) is 5.72. The smallest absolute Gasteiger partial charge is 0.301 e. The molecule has 0 bridgehead atoms. The standard InChI is InChI=1S/C29H23N3O6S/c1-14-9-15(2)24-22(10-14)39-29(30-24)31-25(17-5-4-6-20(13-17)32(36)37)23(27(34)28(31)35)26(33)18-7-8-21-19(12-18)11-16(3)38-21/h4-10,12-13,16,25,33H,11H2,1-3H3. The van der Waals surface area contributed by atoms with E-state index >= 15 is 0 Å². The minimum absolute atomic E-state index is 0.0148. The van der Waals surface area contributed by atoms with Crippen LogP contribution in [0.2, 0.25) is 0 Å². The summed E-state index contributed by atoms with van der Waals surface area (Å²) < 4.78 is 6.60. The minimum Gasteiger partial charge on any atom is -0.507 e. The highest BCUT2D eigenvalue weighted by molar-refractivity contribution is 7.22. The maximum absolute atomic E-state index is 13.6. The van der Waals surface area contributed by atoms with E-state index < -0.39 is 22.7 Å². The lowest BCUT2D eigenvalue weighted by molar-refractivity contribution is -0.384. The Hall–Kier alpha value is -4.57. The molecule has 1 aromatic heterocycles. The van der Waals surface area contributed by atoms with Crippen LogP contribution in [-0.4, -0.2) is 32.8 Å². The van der Waals surface area contributed by atoms with Gasteiger partial charge in [0, 0.05) is 24.1 Å². The number of Topliss-reactive ketones (excluding diaryl/α,β-unsaturated/α-hetero) is 1. The molecule has 2 atom stereocenters. The fourth-order valence-electron chi connectivity index (χ4n) is 5.34. The SMILES string of the molecule is Cc1cc(C)c2nc(N3C(=O)C(=O)C(=C(O)c4ccc5c(c4)CC(C)O5)C3c3cccc([N+](=O)[O-])c3)sc2c1. The van der Waals surface area contributed by atoms with E-state index in [1.165, 1.54) is 34.4 Å². The van der Waals surface area contributed by atoms with Gasteiger partial charge in [-0.05, 0) is 67.3 Å². The zero-order valence-electron chi connectivity index (χ0n) is 21.3. The number of aryl methyl sites for hydroxylation is 2. The lowest BCUT2D eigenvalue weighted by Gasteiger charge is -2.22. The van der Waals surface area contributed by atoms with Crippen molar-refractivity contribution in [1.29, 1.82) is 0 Å². The van der Waals surface area contributed by atoms with Crippen molar-refractivity contribution in [1.82, 2.24) is 4.98 Å². The fraction of sp³-hybridized carbons (Fsp3) is 0.207.